The van der Waals surface area contributed by atoms with Crippen LogP contribution in [-0.4, -0.2) is 82.0 Å². The summed E-state index contributed by atoms with van der Waals surface area (Å²) in [6, 6.07) is 9.18. The number of sulfonamides is 1. The number of nitriles is 1. The minimum Gasteiger partial charge on any atom is -0.387 e. The Balaban J connectivity index is 1.42. The molecule has 5 rings (SSSR count). The summed E-state index contributed by atoms with van der Waals surface area (Å²) >= 11 is 0. The predicted molar refractivity (Wildman–Crippen MR) is 147 cm³/mol. The summed E-state index contributed by atoms with van der Waals surface area (Å²) in [5.74, 6) is -0.0947. The Labute approximate surface area is 232 Å². The lowest BCUT2D eigenvalue weighted by atomic mass is 10.0. The van der Waals surface area contributed by atoms with Crippen LogP contribution in [0.2, 0.25) is 0 Å². The first-order valence-corrected chi connectivity index (χ1v) is 14.9. The topological polar surface area (TPSA) is 153 Å². The number of halogens is 1. The maximum absolute atomic E-state index is 14.3. The first-order chi connectivity index (χ1) is 18.8. The summed E-state index contributed by atoms with van der Waals surface area (Å²) < 4.78 is 41.5. The zero-order chi connectivity index (χ0) is 28.8. The number of carbonyl (C=O) groups excluding carboxylic acids is 1. The molecule has 3 aromatic heterocycles. The zero-order valence-corrected chi connectivity index (χ0v) is 23.3. The average Bonchev–Trinajstić information content (AvgIpc) is 3.59. The molecule has 3 aromatic rings. The van der Waals surface area contributed by atoms with Crippen molar-refractivity contribution in [1.82, 2.24) is 24.2 Å². The summed E-state index contributed by atoms with van der Waals surface area (Å²) in [5.41, 5.74) is 1.47. The largest absolute Gasteiger partial charge is 0.387 e. The van der Waals surface area contributed by atoms with E-state index in [9.17, 15) is 28.0 Å². The normalized spacial score (nSPS) is 22.1. The Bertz CT molecular complexity index is 1580. The molecule has 1 amide bonds. The van der Waals surface area contributed by atoms with E-state index in [4.69, 9.17) is 0 Å². The van der Waals surface area contributed by atoms with Crippen molar-refractivity contribution in [2.45, 2.75) is 44.5 Å². The van der Waals surface area contributed by atoms with Gasteiger partial charge in [0.2, 0.25) is 10.0 Å². The molecule has 0 aromatic carbocycles. The number of fused-ring (bicyclic) bond motifs is 2. The number of hydrogen-bond donors (Lipinski definition) is 3. The Hall–Kier alpha value is -3.60. The molecular weight excluding hydrogens is 537 g/mol. The number of carbonyl (C=O) groups is 1. The van der Waals surface area contributed by atoms with Crippen molar-refractivity contribution in [2.75, 3.05) is 31.2 Å². The molecule has 0 radical (unpaired) electrons. The highest BCUT2D eigenvalue weighted by Crippen LogP contribution is 2.40. The third-order valence-electron chi connectivity index (χ3n) is 7.80. The van der Waals surface area contributed by atoms with Gasteiger partial charge in [-0.15, -0.1) is 0 Å². The van der Waals surface area contributed by atoms with E-state index >= 15 is 0 Å². The molecule has 0 bridgehead atoms. The average molecular weight is 570 g/mol. The number of nitrogens with one attached hydrogen (secondary N) is 2. The van der Waals surface area contributed by atoms with Crippen LogP contribution in [0.5, 0.6) is 0 Å². The van der Waals surface area contributed by atoms with Gasteiger partial charge in [0.25, 0.3) is 5.91 Å². The SMILES string of the molecule is CC(C)(O)[C@H](F)CNC(=O)c1cnc(-c2ccc3cc(C#N)cnn23)cc1NC1C[C@@H]2CN(S(C)(=O)=O)C[C@@H]2C1. The first-order valence-electron chi connectivity index (χ1n) is 13.1. The molecule has 2 aliphatic rings. The van der Waals surface area contributed by atoms with E-state index in [1.807, 2.05) is 12.1 Å². The number of anilines is 1. The van der Waals surface area contributed by atoms with E-state index in [-0.39, 0.29) is 30.0 Å². The summed E-state index contributed by atoms with van der Waals surface area (Å²) in [6.45, 7) is 3.28. The number of aliphatic hydroxyl groups is 1. The fourth-order valence-corrected chi connectivity index (χ4v) is 6.47. The van der Waals surface area contributed by atoms with E-state index in [2.05, 4.69) is 26.8 Å². The van der Waals surface area contributed by atoms with Gasteiger partial charge in [0.1, 0.15) is 12.2 Å². The van der Waals surface area contributed by atoms with E-state index in [1.165, 1.54) is 36.8 Å². The summed E-state index contributed by atoms with van der Waals surface area (Å²) in [4.78, 5) is 17.6. The zero-order valence-electron chi connectivity index (χ0n) is 22.5. The first kappa shape index (κ1) is 27.9. The highest BCUT2D eigenvalue weighted by atomic mass is 32.2. The van der Waals surface area contributed by atoms with Gasteiger partial charge in [-0.2, -0.15) is 10.4 Å². The number of alkyl halides is 1. The van der Waals surface area contributed by atoms with Gasteiger partial charge in [-0.05, 0) is 62.8 Å². The van der Waals surface area contributed by atoms with Crippen molar-refractivity contribution in [1.29, 1.82) is 5.26 Å². The van der Waals surface area contributed by atoms with Crippen LogP contribution < -0.4 is 10.6 Å². The molecule has 212 valence electrons. The Kier molecular flexibility index (Phi) is 7.28. The molecule has 2 fully saturated rings. The van der Waals surface area contributed by atoms with E-state index in [0.29, 0.717) is 41.2 Å². The second-order valence-electron chi connectivity index (χ2n) is 11.3. The Morgan fingerprint density at radius 1 is 1.25 bits per heavy atom. The molecule has 3 N–H and O–H groups in total. The van der Waals surface area contributed by atoms with Gasteiger partial charge < -0.3 is 15.7 Å². The van der Waals surface area contributed by atoms with Crippen LogP contribution in [-0.2, 0) is 10.0 Å². The summed E-state index contributed by atoms with van der Waals surface area (Å²) in [5, 5.41) is 29.5. The highest BCUT2D eigenvalue weighted by molar-refractivity contribution is 7.88. The maximum Gasteiger partial charge on any atom is 0.255 e. The van der Waals surface area contributed by atoms with Crippen molar-refractivity contribution in [3.63, 3.8) is 0 Å². The molecule has 1 saturated carbocycles. The van der Waals surface area contributed by atoms with E-state index in [1.54, 1.807) is 16.6 Å². The highest BCUT2D eigenvalue weighted by Gasteiger charge is 2.43. The number of pyridine rings is 1. The molecule has 40 heavy (non-hydrogen) atoms. The van der Waals surface area contributed by atoms with Gasteiger partial charge in [-0.3, -0.25) is 9.78 Å². The molecule has 1 saturated heterocycles. The molecule has 4 heterocycles. The van der Waals surface area contributed by atoms with Gasteiger partial charge in [0, 0.05) is 25.3 Å². The van der Waals surface area contributed by atoms with Gasteiger partial charge in [-0.1, -0.05) is 0 Å². The molecule has 1 unspecified atom stereocenters. The smallest absolute Gasteiger partial charge is 0.255 e. The van der Waals surface area contributed by atoms with E-state index < -0.39 is 27.7 Å². The number of hydrogen-bond acceptors (Lipinski definition) is 8. The lowest BCUT2D eigenvalue weighted by molar-refractivity contribution is -0.00177. The molecule has 1 aliphatic carbocycles. The minimum absolute atomic E-state index is 0.00387. The van der Waals surface area contributed by atoms with Crippen LogP contribution >= 0.6 is 0 Å². The van der Waals surface area contributed by atoms with Crippen LogP contribution in [0.4, 0.5) is 10.1 Å². The van der Waals surface area contributed by atoms with Crippen LogP contribution in [0.15, 0.2) is 36.7 Å². The van der Waals surface area contributed by atoms with Crippen LogP contribution in [0.25, 0.3) is 16.9 Å². The van der Waals surface area contributed by atoms with Crippen LogP contribution in [0, 0.1) is 23.2 Å². The molecule has 4 atom stereocenters. The summed E-state index contributed by atoms with van der Waals surface area (Å²) in [6.07, 6.45) is 3.94. The monoisotopic (exact) mass is 569 g/mol. The van der Waals surface area contributed by atoms with Gasteiger partial charge >= 0.3 is 0 Å². The van der Waals surface area contributed by atoms with Crippen molar-refractivity contribution in [2.24, 2.45) is 11.8 Å². The quantitative estimate of drug-likeness (QED) is 0.373. The van der Waals surface area contributed by atoms with Crippen LogP contribution in [0.3, 0.4) is 0 Å². The van der Waals surface area contributed by atoms with Gasteiger partial charge in [0.15, 0.2) is 0 Å². The van der Waals surface area contributed by atoms with Crippen molar-refractivity contribution in [3.05, 3.63) is 47.8 Å². The van der Waals surface area contributed by atoms with Crippen molar-refractivity contribution in [3.8, 4) is 17.5 Å². The molecule has 11 nitrogen and oxygen atoms in total. The second kappa shape index (κ2) is 10.4. The lowest BCUT2D eigenvalue weighted by Gasteiger charge is -2.23. The fourth-order valence-electron chi connectivity index (χ4n) is 5.54. The van der Waals surface area contributed by atoms with Gasteiger partial charge in [0.05, 0.1) is 58.3 Å². The number of rotatable bonds is 8. The molecule has 13 heteroatoms. The van der Waals surface area contributed by atoms with E-state index in [0.717, 1.165) is 12.8 Å². The standard InChI is InChI=1S/C27H32FN7O4S/c1-27(2,37)25(28)13-31-26(36)21-12-30-23(24-5-4-20-6-16(10-29)11-32-35(20)24)9-22(21)33-19-7-17-14-34(40(3,38)39)15-18(17)8-19/h4-6,9,11-12,17-19,25,37H,7-8,13-15H2,1-3H3,(H,30,33)(H,31,36)/t17-,18+,19?,25-/m1/s1. The number of amides is 1. The number of nitrogens with zero attached hydrogens (tertiary/aromatic N) is 5. The van der Waals surface area contributed by atoms with Crippen molar-refractivity contribution >= 4 is 27.1 Å². The molecule has 1 aliphatic heterocycles. The second-order valence-corrected chi connectivity index (χ2v) is 13.3. The molecule has 0 spiro atoms. The van der Waals surface area contributed by atoms with Crippen molar-refractivity contribution < 1.29 is 22.7 Å². The molecular formula is C27H32FN7O4S. The number of aromatic nitrogens is 3. The third-order valence-corrected chi connectivity index (χ3v) is 9.03. The minimum atomic E-state index is -3.24. The Morgan fingerprint density at radius 3 is 2.58 bits per heavy atom. The fraction of sp³-hybridized carbons (Fsp3) is 0.481. The van der Waals surface area contributed by atoms with Crippen LogP contribution in [0.1, 0.15) is 42.6 Å². The van der Waals surface area contributed by atoms with Gasteiger partial charge in [-0.25, -0.2) is 21.6 Å². The maximum atomic E-state index is 14.3. The Morgan fingerprint density at radius 2 is 1.95 bits per heavy atom. The lowest BCUT2D eigenvalue weighted by Crippen LogP contribution is -2.42. The summed E-state index contributed by atoms with van der Waals surface area (Å²) in [7, 11) is -3.24. The third kappa shape index (κ3) is 5.65. The predicted octanol–water partition coefficient (Wildman–Crippen LogP) is 2.19.